The zero-order chi connectivity index (χ0) is 15.1. The number of ether oxygens (including phenoxy) is 1. The molecule has 0 aliphatic rings. The number of hydrogen-bond donors (Lipinski definition) is 2. The first-order chi connectivity index (χ1) is 9.49. The van der Waals surface area contributed by atoms with Gasteiger partial charge >= 0.3 is 0 Å². The van der Waals surface area contributed by atoms with Crippen molar-refractivity contribution in [2.45, 2.75) is 25.9 Å². The van der Waals surface area contributed by atoms with Crippen LogP contribution in [0.2, 0.25) is 0 Å². The smallest absolute Gasteiger partial charge is 0.270 e. The molecule has 0 spiro atoms. The summed E-state index contributed by atoms with van der Waals surface area (Å²) in [7, 11) is 1.38. The van der Waals surface area contributed by atoms with Crippen molar-refractivity contribution in [3.8, 4) is 5.75 Å². The lowest BCUT2D eigenvalue weighted by Gasteiger charge is -2.12. The van der Waals surface area contributed by atoms with Crippen LogP contribution in [-0.2, 0) is 0 Å². The third-order valence-corrected chi connectivity index (χ3v) is 2.76. The fourth-order valence-electron chi connectivity index (χ4n) is 1.73. The second kappa shape index (κ2) is 7.44. The predicted octanol–water partition coefficient (Wildman–Crippen LogP) is 1.49. The Balaban J connectivity index is 2.84. The third-order valence-electron chi connectivity index (χ3n) is 2.76. The summed E-state index contributed by atoms with van der Waals surface area (Å²) in [5.41, 5.74) is -0.115. The lowest BCUT2D eigenvalue weighted by Crippen LogP contribution is -2.32. The minimum Gasteiger partial charge on any atom is -0.496 e. The van der Waals surface area contributed by atoms with Crippen molar-refractivity contribution in [2.75, 3.05) is 13.7 Å². The van der Waals surface area contributed by atoms with Crippen molar-refractivity contribution in [1.82, 2.24) is 5.32 Å². The van der Waals surface area contributed by atoms with E-state index in [0.717, 1.165) is 12.5 Å². The first kappa shape index (κ1) is 15.9. The van der Waals surface area contributed by atoms with Gasteiger partial charge in [0.25, 0.3) is 11.6 Å². The largest absolute Gasteiger partial charge is 0.496 e. The molecule has 0 radical (unpaired) electrons. The van der Waals surface area contributed by atoms with Gasteiger partial charge in [-0.1, -0.05) is 13.3 Å². The number of carbonyl (C=O) groups excluding carboxylic acids is 1. The van der Waals surface area contributed by atoms with E-state index < -0.39 is 16.9 Å². The Labute approximate surface area is 116 Å². The Morgan fingerprint density at radius 1 is 1.55 bits per heavy atom. The number of nitrogens with zero attached hydrogens (tertiary/aromatic N) is 1. The van der Waals surface area contributed by atoms with E-state index in [4.69, 9.17) is 4.74 Å². The van der Waals surface area contributed by atoms with Crippen LogP contribution in [0.25, 0.3) is 0 Å². The molecule has 7 heteroatoms. The number of amides is 1. The molecule has 1 aromatic rings. The first-order valence-electron chi connectivity index (χ1n) is 6.28. The normalized spacial score (nSPS) is 11.8. The van der Waals surface area contributed by atoms with Gasteiger partial charge in [0.15, 0.2) is 0 Å². The summed E-state index contributed by atoms with van der Waals surface area (Å²) in [6.07, 6.45) is 0.748. The standard InChI is InChI=1S/C13H18N2O5/c1-3-4-10(16)8-14-13(17)11-7-9(15(18)19)5-6-12(11)20-2/h5-7,10,16H,3-4,8H2,1-2H3,(H,14,17). The number of nitro groups is 1. The van der Waals surface area contributed by atoms with Gasteiger partial charge in [-0.25, -0.2) is 0 Å². The Bertz CT molecular complexity index is 490. The lowest BCUT2D eigenvalue weighted by atomic mass is 10.1. The van der Waals surface area contributed by atoms with Gasteiger partial charge in [0.2, 0.25) is 0 Å². The summed E-state index contributed by atoms with van der Waals surface area (Å²) >= 11 is 0. The Morgan fingerprint density at radius 3 is 2.80 bits per heavy atom. The van der Waals surface area contributed by atoms with E-state index in [1.54, 1.807) is 0 Å². The average Bonchev–Trinajstić information content (AvgIpc) is 2.44. The van der Waals surface area contributed by atoms with E-state index in [0.29, 0.717) is 6.42 Å². The minimum absolute atomic E-state index is 0.0744. The van der Waals surface area contributed by atoms with Crippen molar-refractivity contribution in [3.05, 3.63) is 33.9 Å². The zero-order valence-electron chi connectivity index (χ0n) is 11.5. The van der Waals surface area contributed by atoms with Crippen LogP contribution in [0.15, 0.2) is 18.2 Å². The number of nitrogens with one attached hydrogen (secondary N) is 1. The molecule has 0 aliphatic carbocycles. The van der Waals surface area contributed by atoms with Gasteiger partial charge in [-0.15, -0.1) is 0 Å². The summed E-state index contributed by atoms with van der Waals surface area (Å²) in [5.74, 6) is -0.265. The summed E-state index contributed by atoms with van der Waals surface area (Å²) in [4.78, 5) is 22.1. The third kappa shape index (κ3) is 4.20. The van der Waals surface area contributed by atoms with E-state index in [1.807, 2.05) is 6.92 Å². The number of rotatable bonds is 7. The molecule has 0 fully saturated rings. The summed E-state index contributed by atoms with van der Waals surface area (Å²) in [6, 6.07) is 3.79. The van der Waals surface area contributed by atoms with Crippen molar-refractivity contribution >= 4 is 11.6 Å². The Morgan fingerprint density at radius 2 is 2.25 bits per heavy atom. The molecule has 1 atom stereocenters. The van der Waals surface area contributed by atoms with Gasteiger partial charge in [-0.3, -0.25) is 14.9 Å². The maximum atomic E-state index is 12.0. The van der Waals surface area contributed by atoms with Crippen molar-refractivity contribution in [3.63, 3.8) is 0 Å². The van der Waals surface area contributed by atoms with Gasteiger partial charge in [0, 0.05) is 18.7 Å². The van der Waals surface area contributed by atoms with Crippen molar-refractivity contribution in [2.24, 2.45) is 0 Å². The molecule has 0 heterocycles. The van der Waals surface area contributed by atoms with Crippen LogP contribution in [0.3, 0.4) is 0 Å². The quantitative estimate of drug-likeness (QED) is 0.582. The van der Waals surface area contributed by atoms with Gasteiger partial charge < -0.3 is 15.2 Å². The van der Waals surface area contributed by atoms with E-state index in [-0.39, 0.29) is 23.5 Å². The SMILES string of the molecule is CCCC(O)CNC(=O)c1cc([N+](=O)[O-])ccc1OC. The highest BCUT2D eigenvalue weighted by atomic mass is 16.6. The zero-order valence-corrected chi connectivity index (χ0v) is 11.5. The fraction of sp³-hybridized carbons (Fsp3) is 0.462. The average molecular weight is 282 g/mol. The molecular weight excluding hydrogens is 264 g/mol. The molecule has 7 nitrogen and oxygen atoms in total. The fourth-order valence-corrected chi connectivity index (χ4v) is 1.73. The molecule has 0 saturated heterocycles. The van der Waals surface area contributed by atoms with E-state index >= 15 is 0 Å². The maximum absolute atomic E-state index is 12.0. The van der Waals surface area contributed by atoms with Crippen LogP contribution in [-0.4, -0.2) is 35.7 Å². The summed E-state index contributed by atoms with van der Waals surface area (Å²) < 4.78 is 5.01. The summed E-state index contributed by atoms with van der Waals surface area (Å²) in [6.45, 7) is 2.02. The molecule has 110 valence electrons. The molecular formula is C13H18N2O5. The van der Waals surface area contributed by atoms with Crippen LogP contribution < -0.4 is 10.1 Å². The molecule has 0 aliphatic heterocycles. The highest BCUT2D eigenvalue weighted by molar-refractivity contribution is 5.97. The monoisotopic (exact) mass is 282 g/mol. The molecule has 0 bridgehead atoms. The lowest BCUT2D eigenvalue weighted by molar-refractivity contribution is -0.384. The van der Waals surface area contributed by atoms with E-state index in [9.17, 15) is 20.0 Å². The number of benzene rings is 1. The second-order valence-corrected chi connectivity index (χ2v) is 4.29. The number of carbonyl (C=O) groups is 1. The predicted molar refractivity (Wildman–Crippen MR) is 72.9 cm³/mol. The molecule has 0 saturated carbocycles. The van der Waals surface area contributed by atoms with Crippen LogP contribution in [0, 0.1) is 10.1 Å². The topological polar surface area (TPSA) is 102 Å². The highest BCUT2D eigenvalue weighted by Gasteiger charge is 2.17. The maximum Gasteiger partial charge on any atom is 0.270 e. The molecule has 1 rings (SSSR count). The second-order valence-electron chi connectivity index (χ2n) is 4.29. The number of aliphatic hydroxyl groups excluding tert-OH is 1. The van der Waals surface area contributed by atoms with Crippen LogP contribution in [0.5, 0.6) is 5.75 Å². The number of aliphatic hydroxyl groups is 1. The Kier molecular flexibility index (Phi) is 5.92. The number of hydrogen-bond acceptors (Lipinski definition) is 5. The minimum atomic E-state index is -0.631. The van der Waals surface area contributed by atoms with Crippen LogP contribution in [0.4, 0.5) is 5.69 Å². The van der Waals surface area contributed by atoms with E-state index in [2.05, 4.69) is 5.32 Å². The molecule has 1 amide bonds. The van der Waals surface area contributed by atoms with Crippen LogP contribution in [0.1, 0.15) is 30.1 Å². The number of methoxy groups -OCH3 is 1. The van der Waals surface area contributed by atoms with Crippen molar-refractivity contribution in [1.29, 1.82) is 0 Å². The van der Waals surface area contributed by atoms with Crippen molar-refractivity contribution < 1.29 is 19.6 Å². The number of nitro benzene ring substituents is 1. The van der Waals surface area contributed by atoms with E-state index in [1.165, 1.54) is 19.2 Å². The number of non-ortho nitro benzene ring substituents is 1. The molecule has 20 heavy (non-hydrogen) atoms. The molecule has 2 N–H and O–H groups in total. The van der Waals surface area contributed by atoms with Gasteiger partial charge in [0.1, 0.15) is 5.75 Å². The molecule has 1 aromatic carbocycles. The van der Waals surface area contributed by atoms with Gasteiger partial charge in [-0.2, -0.15) is 0 Å². The molecule has 1 unspecified atom stereocenters. The highest BCUT2D eigenvalue weighted by Crippen LogP contribution is 2.23. The van der Waals surface area contributed by atoms with Gasteiger partial charge in [0.05, 0.1) is 23.7 Å². The molecule has 0 aromatic heterocycles. The van der Waals surface area contributed by atoms with Crippen LogP contribution >= 0.6 is 0 Å². The Hall–Kier alpha value is -2.15. The first-order valence-corrected chi connectivity index (χ1v) is 6.28. The summed E-state index contributed by atoms with van der Waals surface area (Å²) in [5, 5.41) is 22.8. The van der Waals surface area contributed by atoms with Gasteiger partial charge in [-0.05, 0) is 12.5 Å².